The molecular weight excluding hydrogens is 452 g/mol. The molecule has 1 aromatic heterocycles. The molecule has 3 aromatic rings. The Kier molecular flexibility index (Phi) is 6.13. The Morgan fingerprint density at radius 3 is 2.44 bits per heavy atom. The van der Waals surface area contributed by atoms with Gasteiger partial charge in [-0.1, -0.05) is 30.3 Å². The number of hydrogen-bond donors (Lipinski definition) is 0. The van der Waals surface area contributed by atoms with Gasteiger partial charge in [0.1, 0.15) is 5.60 Å². The lowest BCUT2D eigenvalue weighted by Crippen LogP contribution is -2.44. The lowest BCUT2D eigenvalue weighted by Gasteiger charge is -2.34. The molecule has 0 bridgehead atoms. The topological polar surface area (TPSA) is 88.2 Å². The van der Waals surface area contributed by atoms with E-state index in [0.717, 1.165) is 48.1 Å². The second-order valence-corrected chi connectivity index (χ2v) is 10.6. The summed E-state index contributed by atoms with van der Waals surface area (Å²) >= 11 is 0. The summed E-state index contributed by atoms with van der Waals surface area (Å²) in [4.78, 5) is 28.2. The molecule has 184 valence electrons. The first kappa shape index (κ1) is 23.8. The van der Waals surface area contributed by atoms with Crippen molar-refractivity contribution >= 4 is 12.0 Å². The van der Waals surface area contributed by atoms with Gasteiger partial charge in [-0.2, -0.15) is 15.0 Å². The van der Waals surface area contributed by atoms with Crippen LogP contribution >= 0.6 is 0 Å². The molecule has 5 rings (SSSR count). The highest BCUT2D eigenvalue weighted by Crippen LogP contribution is 2.35. The van der Waals surface area contributed by atoms with E-state index >= 15 is 0 Å². The second kappa shape index (κ2) is 9.27. The minimum atomic E-state index is -0.590. The van der Waals surface area contributed by atoms with Gasteiger partial charge in [0.2, 0.25) is 0 Å². The number of aromatic nitrogens is 2. The molecule has 2 aliphatic carbocycles. The Balaban J connectivity index is 1.34. The molecule has 1 heterocycles. The summed E-state index contributed by atoms with van der Waals surface area (Å²) in [6.07, 6.45) is 5.51. The van der Waals surface area contributed by atoms with Crippen LogP contribution in [0, 0.1) is 11.3 Å². The van der Waals surface area contributed by atoms with E-state index in [2.05, 4.69) is 11.2 Å². The summed E-state index contributed by atoms with van der Waals surface area (Å²) in [6, 6.07) is 17.6. The van der Waals surface area contributed by atoms with E-state index in [1.807, 2.05) is 68.1 Å². The van der Waals surface area contributed by atoms with Gasteiger partial charge in [-0.25, -0.2) is 4.79 Å². The van der Waals surface area contributed by atoms with Crippen molar-refractivity contribution in [2.45, 2.75) is 70.6 Å². The average Bonchev–Trinajstić information content (AvgIpc) is 3.59. The summed E-state index contributed by atoms with van der Waals surface area (Å²) in [7, 11) is 0. The lowest BCUT2D eigenvalue weighted by molar-refractivity contribution is 0.0513. The first-order chi connectivity index (χ1) is 17.2. The van der Waals surface area contributed by atoms with E-state index in [1.54, 1.807) is 12.3 Å². The van der Waals surface area contributed by atoms with Gasteiger partial charge in [-0.05, 0) is 87.8 Å². The summed E-state index contributed by atoms with van der Waals surface area (Å²) < 4.78 is 6.75. The Labute approximate surface area is 211 Å². The fourth-order valence-electron chi connectivity index (χ4n) is 4.88. The van der Waals surface area contributed by atoms with Crippen LogP contribution in [0.1, 0.15) is 67.2 Å². The third kappa shape index (κ3) is 4.90. The fourth-order valence-corrected chi connectivity index (χ4v) is 4.88. The third-order valence-corrected chi connectivity index (χ3v) is 6.69. The van der Waals surface area contributed by atoms with Crippen LogP contribution in [-0.2, 0) is 17.6 Å². The number of benzene rings is 2. The molecule has 0 aliphatic heterocycles. The Morgan fingerprint density at radius 1 is 1.06 bits per heavy atom. The molecular formula is C29H30N4O3. The number of fused-ring (bicyclic) bond motifs is 1. The maximum absolute atomic E-state index is 13.7. The molecule has 0 spiro atoms. The van der Waals surface area contributed by atoms with Crippen molar-refractivity contribution in [3.8, 4) is 17.2 Å². The van der Waals surface area contributed by atoms with Crippen LogP contribution in [0.4, 0.5) is 4.79 Å². The van der Waals surface area contributed by atoms with Gasteiger partial charge in [0.25, 0.3) is 5.91 Å². The van der Waals surface area contributed by atoms with Gasteiger partial charge in [0.05, 0.1) is 17.3 Å². The van der Waals surface area contributed by atoms with Crippen molar-refractivity contribution in [3.63, 3.8) is 0 Å². The van der Waals surface area contributed by atoms with Crippen molar-refractivity contribution in [1.29, 1.82) is 5.26 Å². The van der Waals surface area contributed by atoms with Crippen LogP contribution in [0.25, 0.3) is 11.1 Å². The Bertz CT molecular complexity index is 1340. The highest BCUT2D eigenvalue weighted by molar-refractivity contribution is 5.95. The summed E-state index contributed by atoms with van der Waals surface area (Å²) in [5.74, 6) is 0.0330. The van der Waals surface area contributed by atoms with Gasteiger partial charge >= 0.3 is 6.09 Å². The molecule has 0 N–H and O–H groups in total. The van der Waals surface area contributed by atoms with E-state index in [0.29, 0.717) is 17.5 Å². The lowest BCUT2D eigenvalue weighted by atomic mass is 9.91. The van der Waals surface area contributed by atoms with Crippen molar-refractivity contribution in [1.82, 2.24) is 14.7 Å². The number of aryl methyl sites for hydroxylation is 1. The standard InChI is InChI=1S/C29H30N4O3/c1-29(2,3)36-28(35)32-18-22-16-24(14-15-26(22)31-32)33(23-12-13-23)27(34)20-10-8-19(9-11-20)25-7-5-4-6-21(25)17-30/h4-11,18,23-24H,12-16H2,1-3H3. The molecule has 0 radical (unpaired) electrons. The monoisotopic (exact) mass is 482 g/mol. The third-order valence-electron chi connectivity index (χ3n) is 6.69. The minimum absolute atomic E-state index is 0.0330. The molecule has 7 heteroatoms. The molecule has 1 fully saturated rings. The van der Waals surface area contributed by atoms with Crippen molar-refractivity contribution in [2.24, 2.45) is 0 Å². The highest BCUT2D eigenvalue weighted by atomic mass is 16.6. The van der Waals surface area contributed by atoms with Gasteiger partial charge in [0, 0.05) is 23.8 Å². The minimum Gasteiger partial charge on any atom is -0.442 e. The first-order valence-electron chi connectivity index (χ1n) is 12.5. The van der Waals surface area contributed by atoms with Gasteiger partial charge in [-0.15, -0.1) is 0 Å². The zero-order valence-corrected chi connectivity index (χ0v) is 20.9. The first-order valence-corrected chi connectivity index (χ1v) is 12.5. The smallest absolute Gasteiger partial charge is 0.435 e. The number of nitriles is 1. The highest BCUT2D eigenvalue weighted by Gasteiger charge is 2.39. The van der Waals surface area contributed by atoms with Crippen LogP contribution in [0.2, 0.25) is 0 Å². The van der Waals surface area contributed by atoms with Crippen LogP contribution in [0.5, 0.6) is 0 Å². The van der Waals surface area contributed by atoms with Crippen molar-refractivity contribution < 1.29 is 14.3 Å². The summed E-state index contributed by atoms with van der Waals surface area (Å²) in [5, 5.41) is 13.9. The zero-order valence-electron chi connectivity index (χ0n) is 20.9. The number of rotatable bonds is 4. The van der Waals surface area contributed by atoms with E-state index in [-0.39, 0.29) is 18.0 Å². The number of nitrogens with zero attached hydrogens (tertiary/aromatic N) is 4. The molecule has 36 heavy (non-hydrogen) atoms. The quantitative estimate of drug-likeness (QED) is 0.499. The summed E-state index contributed by atoms with van der Waals surface area (Å²) in [5.41, 5.74) is 4.35. The molecule has 1 amide bonds. The predicted octanol–water partition coefficient (Wildman–Crippen LogP) is 5.37. The van der Waals surface area contributed by atoms with E-state index in [9.17, 15) is 14.9 Å². The van der Waals surface area contributed by atoms with Gasteiger partial charge < -0.3 is 9.64 Å². The number of carbonyl (C=O) groups is 2. The molecule has 2 aromatic carbocycles. The van der Waals surface area contributed by atoms with Crippen molar-refractivity contribution in [2.75, 3.05) is 0 Å². The van der Waals surface area contributed by atoms with Crippen LogP contribution in [-0.4, -0.2) is 44.4 Å². The molecule has 7 nitrogen and oxygen atoms in total. The summed E-state index contributed by atoms with van der Waals surface area (Å²) in [6.45, 7) is 5.49. The van der Waals surface area contributed by atoms with Crippen LogP contribution < -0.4 is 0 Å². The van der Waals surface area contributed by atoms with E-state index in [4.69, 9.17) is 4.74 Å². The number of carbonyl (C=O) groups excluding carboxylic acids is 2. The van der Waals surface area contributed by atoms with E-state index in [1.165, 1.54) is 4.68 Å². The molecule has 1 atom stereocenters. The molecule has 1 saturated carbocycles. The maximum atomic E-state index is 13.7. The van der Waals surface area contributed by atoms with Crippen molar-refractivity contribution in [3.05, 3.63) is 77.1 Å². The zero-order chi connectivity index (χ0) is 25.4. The molecule has 0 saturated heterocycles. The largest absolute Gasteiger partial charge is 0.442 e. The number of ether oxygens (including phenoxy) is 1. The fraction of sp³-hybridized carbons (Fsp3) is 0.379. The number of amides is 1. The maximum Gasteiger partial charge on any atom is 0.435 e. The Hall–Kier alpha value is -3.92. The average molecular weight is 483 g/mol. The van der Waals surface area contributed by atoms with Gasteiger partial charge in [-0.3, -0.25) is 4.79 Å². The van der Waals surface area contributed by atoms with Crippen LogP contribution in [0.3, 0.4) is 0 Å². The van der Waals surface area contributed by atoms with Gasteiger partial charge in [0.15, 0.2) is 0 Å². The Morgan fingerprint density at radius 2 is 1.78 bits per heavy atom. The van der Waals surface area contributed by atoms with Crippen LogP contribution in [0.15, 0.2) is 54.7 Å². The molecule has 2 aliphatic rings. The van der Waals surface area contributed by atoms with E-state index < -0.39 is 11.7 Å². The SMILES string of the molecule is CC(C)(C)OC(=O)n1cc2c(n1)CCC(N(C(=O)c1ccc(-c3ccccc3C#N)cc1)C1CC1)C2. The number of hydrogen-bond acceptors (Lipinski definition) is 5. The predicted molar refractivity (Wildman–Crippen MR) is 135 cm³/mol. The normalized spacial score (nSPS) is 17.1. The second-order valence-electron chi connectivity index (χ2n) is 10.6. The molecule has 1 unspecified atom stereocenters.